The van der Waals surface area contributed by atoms with E-state index in [0.29, 0.717) is 29.6 Å². The monoisotopic (exact) mass is 305 g/mol. The molecule has 1 fully saturated rings. The van der Waals surface area contributed by atoms with Gasteiger partial charge in [0.1, 0.15) is 11.4 Å². The molecule has 1 saturated heterocycles. The minimum Gasteiger partial charge on any atom is -0.289 e. The van der Waals surface area contributed by atoms with E-state index >= 15 is 0 Å². The molecule has 2 aromatic heterocycles. The van der Waals surface area contributed by atoms with Gasteiger partial charge in [0.25, 0.3) is 5.56 Å². The highest BCUT2D eigenvalue weighted by atomic mass is 32.1. The number of rotatable bonds is 2. The van der Waals surface area contributed by atoms with Crippen LogP contribution in [0.4, 0.5) is 0 Å². The molecule has 0 N–H and O–H groups in total. The fraction of sp³-hybridized carbons (Fsp3) is 0.429. The molecule has 2 aromatic rings. The molecule has 0 radical (unpaired) electrons. The molecule has 0 aromatic carbocycles. The van der Waals surface area contributed by atoms with Crippen molar-refractivity contribution in [1.29, 1.82) is 0 Å². The molecule has 3 rings (SSSR count). The van der Waals surface area contributed by atoms with Crippen molar-refractivity contribution in [2.75, 3.05) is 6.54 Å². The summed E-state index contributed by atoms with van der Waals surface area (Å²) in [6.45, 7) is 4.13. The van der Waals surface area contributed by atoms with E-state index in [2.05, 4.69) is 4.98 Å². The number of hydrogen-bond acceptors (Lipinski definition) is 5. The molecule has 0 bridgehead atoms. The summed E-state index contributed by atoms with van der Waals surface area (Å²) in [6, 6.07) is 0. The molecule has 0 atom stereocenters. The maximum atomic E-state index is 12.5. The molecule has 2 amide bonds. The Morgan fingerprint density at radius 1 is 1.38 bits per heavy atom. The Morgan fingerprint density at radius 2 is 2.14 bits per heavy atom. The summed E-state index contributed by atoms with van der Waals surface area (Å²) in [5.41, 5.74) is 0.688. The van der Waals surface area contributed by atoms with E-state index in [1.54, 1.807) is 0 Å². The SMILES string of the molecule is Cc1sc2ncn(CC(=O)N3CCCC3=O)c(=O)c2c1C. The van der Waals surface area contributed by atoms with Crippen LogP contribution >= 0.6 is 11.3 Å². The van der Waals surface area contributed by atoms with Crippen molar-refractivity contribution in [3.05, 3.63) is 27.1 Å². The second-order valence-electron chi connectivity index (χ2n) is 5.18. The average molecular weight is 305 g/mol. The van der Waals surface area contributed by atoms with Crippen LogP contribution in [-0.4, -0.2) is 32.8 Å². The van der Waals surface area contributed by atoms with Crippen LogP contribution in [0, 0.1) is 13.8 Å². The lowest BCUT2D eigenvalue weighted by molar-refractivity contribution is -0.142. The molecule has 0 saturated carbocycles. The van der Waals surface area contributed by atoms with Crippen LogP contribution in [0.25, 0.3) is 10.2 Å². The molecule has 7 heteroatoms. The van der Waals surface area contributed by atoms with E-state index in [4.69, 9.17) is 0 Å². The van der Waals surface area contributed by atoms with Gasteiger partial charge in [-0.15, -0.1) is 11.3 Å². The Morgan fingerprint density at radius 3 is 2.81 bits per heavy atom. The summed E-state index contributed by atoms with van der Waals surface area (Å²) in [5.74, 6) is -0.505. The summed E-state index contributed by atoms with van der Waals surface area (Å²) in [7, 11) is 0. The van der Waals surface area contributed by atoms with Crippen LogP contribution in [-0.2, 0) is 16.1 Å². The molecule has 3 heterocycles. The van der Waals surface area contributed by atoms with Crippen molar-refractivity contribution < 1.29 is 9.59 Å². The summed E-state index contributed by atoms with van der Waals surface area (Å²) >= 11 is 1.47. The summed E-state index contributed by atoms with van der Waals surface area (Å²) in [6.07, 6.45) is 2.48. The standard InChI is InChI=1S/C14H15N3O3S/c1-8-9(2)21-13-12(8)14(20)16(7-15-13)6-11(19)17-5-3-4-10(17)18/h7H,3-6H2,1-2H3. The number of aryl methyl sites for hydroxylation is 2. The van der Waals surface area contributed by atoms with Crippen molar-refractivity contribution in [2.24, 2.45) is 0 Å². The third-order valence-electron chi connectivity index (χ3n) is 3.84. The number of aromatic nitrogens is 2. The minimum absolute atomic E-state index is 0.137. The first-order valence-corrected chi connectivity index (χ1v) is 7.59. The number of nitrogens with zero attached hydrogens (tertiary/aromatic N) is 3. The van der Waals surface area contributed by atoms with Gasteiger partial charge in [0.05, 0.1) is 11.7 Å². The zero-order chi connectivity index (χ0) is 15.1. The normalized spacial score (nSPS) is 15.1. The van der Waals surface area contributed by atoms with Crippen molar-refractivity contribution in [3.63, 3.8) is 0 Å². The van der Waals surface area contributed by atoms with E-state index in [9.17, 15) is 14.4 Å². The summed E-state index contributed by atoms with van der Waals surface area (Å²) in [5, 5.41) is 0.570. The van der Waals surface area contributed by atoms with E-state index < -0.39 is 0 Å². The highest BCUT2D eigenvalue weighted by molar-refractivity contribution is 7.18. The maximum absolute atomic E-state index is 12.5. The first kappa shape index (κ1) is 13.9. The van der Waals surface area contributed by atoms with Gasteiger partial charge >= 0.3 is 0 Å². The van der Waals surface area contributed by atoms with Gasteiger partial charge in [0, 0.05) is 17.8 Å². The predicted molar refractivity (Wildman–Crippen MR) is 79.3 cm³/mol. The van der Waals surface area contributed by atoms with Crippen LogP contribution in [0.15, 0.2) is 11.1 Å². The molecule has 0 spiro atoms. The summed E-state index contributed by atoms with van der Waals surface area (Å²) in [4.78, 5) is 43.4. The maximum Gasteiger partial charge on any atom is 0.262 e. The Kier molecular flexibility index (Phi) is 3.36. The smallest absolute Gasteiger partial charge is 0.262 e. The number of hydrogen-bond donors (Lipinski definition) is 0. The van der Waals surface area contributed by atoms with Gasteiger partial charge in [0.15, 0.2) is 0 Å². The molecule has 1 aliphatic rings. The average Bonchev–Trinajstić information content (AvgIpc) is 2.98. The first-order valence-electron chi connectivity index (χ1n) is 6.77. The molecule has 110 valence electrons. The van der Waals surface area contributed by atoms with Gasteiger partial charge in [-0.2, -0.15) is 0 Å². The highest BCUT2D eigenvalue weighted by Gasteiger charge is 2.26. The molecule has 6 nitrogen and oxygen atoms in total. The Labute approximate surface area is 125 Å². The lowest BCUT2D eigenvalue weighted by Gasteiger charge is -2.14. The fourth-order valence-corrected chi connectivity index (χ4v) is 3.51. The molecular weight excluding hydrogens is 290 g/mol. The number of amides is 2. The Hall–Kier alpha value is -2.02. The Bertz CT molecular complexity index is 806. The quantitative estimate of drug-likeness (QED) is 0.836. The van der Waals surface area contributed by atoms with E-state index in [-0.39, 0.29) is 23.9 Å². The van der Waals surface area contributed by atoms with E-state index in [0.717, 1.165) is 10.4 Å². The number of carbonyl (C=O) groups excluding carboxylic acids is 2. The Balaban J connectivity index is 1.96. The van der Waals surface area contributed by atoms with Crippen molar-refractivity contribution in [3.8, 4) is 0 Å². The number of carbonyl (C=O) groups is 2. The highest BCUT2D eigenvalue weighted by Crippen LogP contribution is 2.25. The number of likely N-dealkylation sites (tertiary alicyclic amines) is 1. The summed E-state index contributed by atoms with van der Waals surface area (Å²) < 4.78 is 1.29. The molecule has 21 heavy (non-hydrogen) atoms. The van der Waals surface area contributed by atoms with Gasteiger partial charge in [-0.3, -0.25) is 23.9 Å². The molecule has 1 aliphatic heterocycles. The lowest BCUT2D eigenvalue weighted by Crippen LogP contribution is -2.37. The van der Waals surface area contributed by atoms with E-state index in [1.165, 1.54) is 27.1 Å². The van der Waals surface area contributed by atoms with E-state index in [1.807, 2.05) is 13.8 Å². The van der Waals surface area contributed by atoms with Crippen LogP contribution in [0.1, 0.15) is 23.3 Å². The molecular formula is C14H15N3O3S. The topological polar surface area (TPSA) is 72.3 Å². The zero-order valence-electron chi connectivity index (χ0n) is 11.9. The van der Waals surface area contributed by atoms with Crippen LogP contribution in [0.5, 0.6) is 0 Å². The minimum atomic E-state index is -0.342. The third kappa shape index (κ3) is 2.27. The molecule has 0 unspecified atom stereocenters. The second-order valence-corrected chi connectivity index (χ2v) is 6.39. The van der Waals surface area contributed by atoms with Crippen molar-refractivity contribution in [2.45, 2.75) is 33.2 Å². The zero-order valence-corrected chi connectivity index (χ0v) is 12.7. The predicted octanol–water partition coefficient (Wildman–Crippen LogP) is 1.22. The lowest BCUT2D eigenvalue weighted by atomic mass is 10.2. The third-order valence-corrected chi connectivity index (χ3v) is 4.95. The fourth-order valence-electron chi connectivity index (χ4n) is 2.53. The largest absolute Gasteiger partial charge is 0.289 e. The van der Waals surface area contributed by atoms with Gasteiger partial charge in [0.2, 0.25) is 11.8 Å². The van der Waals surface area contributed by atoms with Crippen molar-refractivity contribution >= 4 is 33.4 Å². The van der Waals surface area contributed by atoms with Gasteiger partial charge in [-0.25, -0.2) is 4.98 Å². The number of fused-ring (bicyclic) bond motifs is 1. The van der Waals surface area contributed by atoms with Crippen LogP contribution in [0.2, 0.25) is 0 Å². The van der Waals surface area contributed by atoms with Crippen LogP contribution in [0.3, 0.4) is 0 Å². The first-order chi connectivity index (χ1) is 9.99. The number of imide groups is 1. The van der Waals surface area contributed by atoms with Crippen molar-refractivity contribution in [1.82, 2.24) is 14.5 Å². The van der Waals surface area contributed by atoms with Crippen LogP contribution < -0.4 is 5.56 Å². The number of thiophene rings is 1. The molecule has 0 aliphatic carbocycles. The van der Waals surface area contributed by atoms with Gasteiger partial charge < -0.3 is 0 Å². The second kappa shape index (κ2) is 5.07. The van der Waals surface area contributed by atoms with Gasteiger partial charge in [-0.1, -0.05) is 0 Å². The van der Waals surface area contributed by atoms with Gasteiger partial charge in [-0.05, 0) is 25.8 Å².